The normalized spacial score (nSPS) is 24.6. The molecule has 3 saturated carbocycles. The van der Waals surface area contributed by atoms with Gasteiger partial charge in [-0.05, 0) is 60.3 Å². The summed E-state index contributed by atoms with van der Waals surface area (Å²) in [6.45, 7) is 8.81. The number of carbonyl (C=O) groups excluding carboxylic acids is 1. The third-order valence-electron chi connectivity index (χ3n) is 7.36. The van der Waals surface area contributed by atoms with Gasteiger partial charge in [-0.25, -0.2) is 9.66 Å². The van der Waals surface area contributed by atoms with E-state index < -0.39 is 0 Å². The Morgan fingerprint density at radius 3 is 2.77 bits per heavy atom. The van der Waals surface area contributed by atoms with Crippen LogP contribution in [0.2, 0.25) is 0 Å². The second kappa shape index (κ2) is 8.37. The molecule has 3 aliphatic carbocycles. The topological polar surface area (TPSA) is 64.0 Å². The lowest BCUT2D eigenvalue weighted by molar-refractivity contribution is -0.116. The van der Waals surface area contributed by atoms with Crippen LogP contribution in [0.4, 0.5) is 0 Å². The average molecular weight is 428 g/mol. The molecule has 3 atom stereocenters. The monoisotopic (exact) mass is 427 g/mol. The van der Waals surface area contributed by atoms with Crippen molar-refractivity contribution in [2.24, 2.45) is 23.2 Å². The first-order valence-corrected chi connectivity index (χ1v) is 12.3. The van der Waals surface area contributed by atoms with Crippen molar-refractivity contribution in [1.82, 2.24) is 9.66 Å². The maximum atomic E-state index is 12.9. The Balaban J connectivity index is 1.35. The largest absolute Gasteiger partial charge is 0.280 e. The Labute approximate surface area is 183 Å². The Morgan fingerprint density at radius 2 is 2.07 bits per heavy atom. The van der Waals surface area contributed by atoms with E-state index in [1.54, 1.807) is 6.07 Å². The van der Waals surface area contributed by atoms with E-state index in [-0.39, 0.29) is 17.4 Å². The van der Waals surface area contributed by atoms with E-state index >= 15 is 0 Å². The van der Waals surface area contributed by atoms with Gasteiger partial charge in [0.05, 0.1) is 10.9 Å². The van der Waals surface area contributed by atoms with Crippen LogP contribution in [-0.4, -0.2) is 27.1 Å². The molecule has 162 valence electrons. The van der Waals surface area contributed by atoms with Crippen molar-refractivity contribution in [2.45, 2.75) is 59.3 Å². The Bertz CT molecular complexity index is 996. The molecule has 1 amide bonds. The second-order valence-electron chi connectivity index (χ2n) is 9.84. The fourth-order valence-corrected chi connectivity index (χ4v) is 6.59. The van der Waals surface area contributed by atoms with Crippen LogP contribution in [0.1, 0.15) is 65.1 Å². The molecule has 0 unspecified atom stereocenters. The van der Waals surface area contributed by atoms with Crippen molar-refractivity contribution < 1.29 is 4.79 Å². The van der Waals surface area contributed by atoms with Gasteiger partial charge in [-0.2, -0.15) is 11.8 Å². The van der Waals surface area contributed by atoms with Gasteiger partial charge in [0, 0.05) is 18.1 Å². The first kappa shape index (κ1) is 21.4. The lowest BCUT2D eigenvalue weighted by Crippen LogP contribution is -2.52. The van der Waals surface area contributed by atoms with Gasteiger partial charge in [0.25, 0.3) is 5.56 Å². The minimum Gasteiger partial charge on any atom is -0.273 e. The van der Waals surface area contributed by atoms with Crippen molar-refractivity contribution in [2.75, 3.05) is 16.9 Å². The standard InChI is InChI=1S/C24H33N3O2S/c1-15(2)22-25-20-8-6-5-7-18(20)23(29)27(22)26-21(28)11-12-30-14-16-9-10-17-13-19(16)24(17,3)4/h5-8,15-17,19H,9-14H2,1-4H3,(H,26,28)/t16-,17-,19+/m0/s1. The summed E-state index contributed by atoms with van der Waals surface area (Å²) in [6.07, 6.45) is 4.51. The quantitative estimate of drug-likeness (QED) is 0.646. The van der Waals surface area contributed by atoms with E-state index in [1.807, 2.05) is 43.8 Å². The summed E-state index contributed by atoms with van der Waals surface area (Å²) >= 11 is 1.88. The number of para-hydroxylation sites is 1. The summed E-state index contributed by atoms with van der Waals surface area (Å²) in [7, 11) is 0. The Morgan fingerprint density at radius 1 is 1.30 bits per heavy atom. The summed E-state index contributed by atoms with van der Waals surface area (Å²) in [5, 5.41) is 0.523. The summed E-state index contributed by atoms with van der Waals surface area (Å²) in [5.74, 6) is 4.98. The maximum Gasteiger partial charge on any atom is 0.280 e. The van der Waals surface area contributed by atoms with Crippen LogP contribution in [0.3, 0.4) is 0 Å². The molecule has 0 aliphatic heterocycles. The number of fused-ring (bicyclic) bond motifs is 3. The number of benzene rings is 1. The molecule has 5 rings (SSSR count). The molecule has 1 N–H and O–H groups in total. The van der Waals surface area contributed by atoms with Gasteiger partial charge in [-0.15, -0.1) is 0 Å². The maximum absolute atomic E-state index is 12.9. The first-order valence-electron chi connectivity index (χ1n) is 11.2. The van der Waals surface area contributed by atoms with Crippen LogP contribution in [0.15, 0.2) is 29.1 Å². The lowest BCUT2D eigenvalue weighted by atomic mass is 9.46. The molecule has 2 bridgehead atoms. The van der Waals surface area contributed by atoms with Gasteiger partial charge in [-0.1, -0.05) is 39.8 Å². The molecule has 1 aromatic carbocycles. The molecule has 3 aliphatic rings. The average Bonchev–Trinajstić information content (AvgIpc) is 2.73. The number of nitrogens with zero attached hydrogens (tertiary/aromatic N) is 2. The van der Waals surface area contributed by atoms with Gasteiger partial charge >= 0.3 is 0 Å². The minimum atomic E-state index is -0.214. The van der Waals surface area contributed by atoms with Crippen molar-refractivity contribution in [3.05, 3.63) is 40.4 Å². The van der Waals surface area contributed by atoms with Crippen LogP contribution in [0, 0.1) is 23.2 Å². The van der Waals surface area contributed by atoms with Crippen molar-refractivity contribution in [1.29, 1.82) is 0 Å². The SMILES string of the molecule is CC(C)c1nc2ccccc2c(=O)n1NC(=O)CCSC[C@@H]1CC[C@H]2C[C@H]1C2(C)C. The van der Waals surface area contributed by atoms with Crippen LogP contribution >= 0.6 is 11.8 Å². The molecule has 3 fully saturated rings. The number of rotatable bonds is 7. The number of amides is 1. The van der Waals surface area contributed by atoms with Crippen LogP contribution < -0.4 is 11.0 Å². The third-order valence-corrected chi connectivity index (χ3v) is 8.52. The molecule has 0 saturated heterocycles. The number of aromatic nitrogens is 2. The molecule has 2 aromatic rings. The van der Waals surface area contributed by atoms with Gasteiger partial charge in [-0.3, -0.25) is 15.0 Å². The van der Waals surface area contributed by atoms with Crippen LogP contribution in [0.25, 0.3) is 10.9 Å². The van der Waals surface area contributed by atoms with E-state index in [0.717, 1.165) is 29.3 Å². The Kier molecular flexibility index (Phi) is 5.97. The smallest absolute Gasteiger partial charge is 0.273 e. The molecule has 1 heterocycles. The summed E-state index contributed by atoms with van der Waals surface area (Å²) < 4.78 is 1.35. The van der Waals surface area contributed by atoms with Crippen molar-refractivity contribution >= 4 is 28.6 Å². The fourth-order valence-electron chi connectivity index (χ4n) is 5.39. The highest BCUT2D eigenvalue weighted by Gasteiger charge is 2.53. The minimum absolute atomic E-state index is 0.0259. The number of thioether (sulfide) groups is 1. The molecule has 30 heavy (non-hydrogen) atoms. The van der Waals surface area contributed by atoms with Gasteiger partial charge in [0.2, 0.25) is 5.91 Å². The fraction of sp³-hybridized carbons (Fsp3) is 0.625. The zero-order chi connectivity index (χ0) is 21.5. The number of hydrogen-bond acceptors (Lipinski definition) is 4. The zero-order valence-electron chi connectivity index (χ0n) is 18.5. The number of hydrogen-bond donors (Lipinski definition) is 1. The summed E-state index contributed by atoms with van der Waals surface area (Å²) in [5.41, 5.74) is 3.78. The van der Waals surface area contributed by atoms with Crippen molar-refractivity contribution in [3.8, 4) is 0 Å². The molecular weight excluding hydrogens is 394 g/mol. The highest BCUT2D eigenvalue weighted by atomic mass is 32.2. The van der Waals surface area contributed by atoms with E-state index in [0.29, 0.717) is 28.6 Å². The number of carbonyl (C=O) groups is 1. The third kappa shape index (κ3) is 3.91. The predicted molar refractivity (Wildman–Crippen MR) is 125 cm³/mol. The van der Waals surface area contributed by atoms with Crippen LogP contribution in [0.5, 0.6) is 0 Å². The molecule has 0 spiro atoms. The highest BCUT2D eigenvalue weighted by molar-refractivity contribution is 7.99. The lowest BCUT2D eigenvalue weighted by Gasteiger charge is -2.60. The number of nitrogens with one attached hydrogen (secondary N) is 1. The molecule has 5 nitrogen and oxygen atoms in total. The van der Waals surface area contributed by atoms with Gasteiger partial charge in [0.15, 0.2) is 0 Å². The first-order chi connectivity index (χ1) is 14.3. The van der Waals surface area contributed by atoms with E-state index in [2.05, 4.69) is 24.3 Å². The van der Waals surface area contributed by atoms with Crippen LogP contribution in [-0.2, 0) is 4.79 Å². The van der Waals surface area contributed by atoms with Gasteiger partial charge < -0.3 is 0 Å². The Hall–Kier alpha value is -1.82. The molecule has 0 radical (unpaired) electrons. The van der Waals surface area contributed by atoms with Gasteiger partial charge in [0.1, 0.15) is 5.82 Å². The summed E-state index contributed by atoms with van der Waals surface area (Å²) in [6, 6.07) is 7.28. The zero-order valence-corrected chi connectivity index (χ0v) is 19.3. The highest BCUT2D eigenvalue weighted by Crippen LogP contribution is 2.61. The van der Waals surface area contributed by atoms with E-state index in [4.69, 9.17) is 0 Å². The summed E-state index contributed by atoms with van der Waals surface area (Å²) in [4.78, 5) is 30.1. The van der Waals surface area contributed by atoms with E-state index in [1.165, 1.54) is 23.9 Å². The molecule has 1 aromatic heterocycles. The van der Waals surface area contributed by atoms with Crippen molar-refractivity contribution in [3.63, 3.8) is 0 Å². The van der Waals surface area contributed by atoms with E-state index in [9.17, 15) is 9.59 Å². The molecule has 6 heteroatoms. The molecular formula is C24H33N3O2S. The second-order valence-corrected chi connectivity index (χ2v) is 11.0. The predicted octanol–water partition coefficient (Wildman–Crippen LogP) is 4.79.